The first-order chi connectivity index (χ1) is 9.26. The first-order valence-corrected chi connectivity index (χ1v) is 7.16. The van der Waals surface area contributed by atoms with E-state index in [1.807, 2.05) is 12.1 Å². The fourth-order valence-corrected chi connectivity index (χ4v) is 3.43. The van der Waals surface area contributed by atoms with E-state index < -0.39 is 0 Å². The Hall–Kier alpha value is -1.59. The molecule has 0 spiro atoms. The van der Waals surface area contributed by atoms with Crippen molar-refractivity contribution in [1.82, 2.24) is 5.32 Å². The highest BCUT2D eigenvalue weighted by atomic mass is 14.9. The summed E-state index contributed by atoms with van der Waals surface area (Å²) in [5.74, 6) is 1.71. The van der Waals surface area contributed by atoms with Gasteiger partial charge in [0.1, 0.15) is 0 Å². The number of hydrogen-bond acceptors (Lipinski definition) is 2. The highest BCUT2D eigenvalue weighted by molar-refractivity contribution is 5.33. The van der Waals surface area contributed by atoms with Crippen LogP contribution >= 0.6 is 0 Å². The summed E-state index contributed by atoms with van der Waals surface area (Å²) in [4.78, 5) is 0. The standard InChI is InChI=1S/C17H20N2/c1-12-8-16(9-12)15-6-7-19-17(10-15)14-4-2-13(11-18)3-5-14/h2-5,15-17,19H,1,6-10H2. The maximum atomic E-state index is 8.84. The number of nitrogens with one attached hydrogen (secondary N) is 1. The van der Waals surface area contributed by atoms with Crippen LogP contribution in [0.4, 0.5) is 0 Å². The van der Waals surface area contributed by atoms with Gasteiger partial charge in [0.2, 0.25) is 0 Å². The van der Waals surface area contributed by atoms with Crippen LogP contribution in [0.3, 0.4) is 0 Å². The number of nitrogens with zero attached hydrogens (tertiary/aromatic N) is 1. The molecule has 98 valence electrons. The van der Waals surface area contributed by atoms with Crippen molar-refractivity contribution in [2.24, 2.45) is 11.8 Å². The van der Waals surface area contributed by atoms with E-state index in [0.29, 0.717) is 6.04 Å². The van der Waals surface area contributed by atoms with Crippen LogP contribution in [0, 0.1) is 23.2 Å². The van der Waals surface area contributed by atoms with Gasteiger partial charge >= 0.3 is 0 Å². The zero-order valence-corrected chi connectivity index (χ0v) is 11.2. The second kappa shape index (κ2) is 5.19. The minimum Gasteiger partial charge on any atom is -0.310 e. The van der Waals surface area contributed by atoms with Crippen LogP contribution in [0.2, 0.25) is 0 Å². The minimum atomic E-state index is 0.459. The van der Waals surface area contributed by atoms with E-state index in [-0.39, 0.29) is 0 Å². The molecule has 3 rings (SSSR count). The third kappa shape index (κ3) is 2.57. The Morgan fingerprint density at radius 2 is 1.89 bits per heavy atom. The summed E-state index contributed by atoms with van der Waals surface area (Å²) in [5, 5.41) is 12.5. The van der Waals surface area contributed by atoms with Gasteiger partial charge in [-0.25, -0.2) is 0 Å². The first kappa shape index (κ1) is 12.4. The van der Waals surface area contributed by atoms with E-state index in [9.17, 15) is 0 Å². The Kier molecular flexibility index (Phi) is 3.40. The van der Waals surface area contributed by atoms with Gasteiger partial charge in [0, 0.05) is 6.04 Å². The van der Waals surface area contributed by atoms with Crippen LogP contribution in [0.5, 0.6) is 0 Å². The van der Waals surface area contributed by atoms with Gasteiger partial charge in [0.05, 0.1) is 11.6 Å². The van der Waals surface area contributed by atoms with Crippen molar-refractivity contribution in [3.8, 4) is 6.07 Å². The number of benzene rings is 1. The quantitative estimate of drug-likeness (QED) is 0.817. The van der Waals surface area contributed by atoms with Gasteiger partial charge in [-0.05, 0) is 61.8 Å². The fraction of sp³-hybridized carbons (Fsp3) is 0.471. The molecule has 1 aromatic carbocycles. The molecule has 19 heavy (non-hydrogen) atoms. The molecule has 0 amide bonds. The number of hydrogen-bond donors (Lipinski definition) is 1. The molecule has 1 saturated heterocycles. The topological polar surface area (TPSA) is 35.8 Å². The molecule has 2 aliphatic rings. The van der Waals surface area contributed by atoms with Gasteiger partial charge in [0.15, 0.2) is 0 Å². The molecule has 2 atom stereocenters. The summed E-state index contributed by atoms with van der Waals surface area (Å²) in [6.07, 6.45) is 5.00. The largest absolute Gasteiger partial charge is 0.310 e. The van der Waals surface area contributed by atoms with Crippen LogP contribution in [0.1, 0.15) is 42.9 Å². The normalized spacial score (nSPS) is 27.6. The molecule has 1 heterocycles. The Morgan fingerprint density at radius 1 is 1.16 bits per heavy atom. The van der Waals surface area contributed by atoms with Crippen molar-refractivity contribution in [2.75, 3.05) is 6.54 Å². The molecule has 1 aromatic rings. The SMILES string of the molecule is C=C1CC(C2CCNC(c3ccc(C#N)cc3)C2)C1. The number of rotatable bonds is 2. The molecule has 2 nitrogen and oxygen atoms in total. The Labute approximate surface area is 115 Å². The predicted molar refractivity (Wildman–Crippen MR) is 76.5 cm³/mol. The van der Waals surface area contributed by atoms with Crippen LogP contribution in [0.15, 0.2) is 36.4 Å². The van der Waals surface area contributed by atoms with Crippen molar-refractivity contribution < 1.29 is 0 Å². The number of piperidine rings is 1. The van der Waals surface area contributed by atoms with Crippen molar-refractivity contribution in [2.45, 2.75) is 31.7 Å². The lowest BCUT2D eigenvalue weighted by atomic mass is 9.68. The van der Waals surface area contributed by atoms with Crippen LogP contribution in [-0.4, -0.2) is 6.54 Å². The molecule has 0 aromatic heterocycles. The second-order valence-electron chi connectivity index (χ2n) is 5.94. The lowest BCUT2D eigenvalue weighted by Crippen LogP contribution is -2.37. The summed E-state index contributed by atoms with van der Waals surface area (Å²) < 4.78 is 0. The number of allylic oxidation sites excluding steroid dienone is 1. The lowest BCUT2D eigenvalue weighted by Gasteiger charge is -2.40. The highest BCUT2D eigenvalue weighted by Gasteiger charge is 2.33. The van der Waals surface area contributed by atoms with Gasteiger partial charge in [-0.3, -0.25) is 0 Å². The molecular weight excluding hydrogens is 232 g/mol. The van der Waals surface area contributed by atoms with Crippen molar-refractivity contribution >= 4 is 0 Å². The van der Waals surface area contributed by atoms with Gasteiger partial charge in [0.25, 0.3) is 0 Å². The Morgan fingerprint density at radius 3 is 2.53 bits per heavy atom. The van der Waals surface area contributed by atoms with E-state index in [0.717, 1.165) is 23.9 Å². The van der Waals surface area contributed by atoms with E-state index in [4.69, 9.17) is 5.26 Å². The maximum absolute atomic E-state index is 8.84. The zero-order valence-electron chi connectivity index (χ0n) is 11.2. The molecule has 1 aliphatic heterocycles. The molecule has 2 fully saturated rings. The summed E-state index contributed by atoms with van der Waals surface area (Å²) in [5.41, 5.74) is 3.49. The molecule has 1 aliphatic carbocycles. The second-order valence-corrected chi connectivity index (χ2v) is 5.94. The molecular formula is C17H20N2. The third-order valence-corrected chi connectivity index (χ3v) is 4.65. The smallest absolute Gasteiger partial charge is 0.0991 e. The van der Waals surface area contributed by atoms with E-state index in [2.05, 4.69) is 30.1 Å². The third-order valence-electron chi connectivity index (χ3n) is 4.65. The monoisotopic (exact) mass is 252 g/mol. The van der Waals surface area contributed by atoms with Gasteiger partial charge < -0.3 is 5.32 Å². The summed E-state index contributed by atoms with van der Waals surface area (Å²) in [6, 6.07) is 10.7. The van der Waals surface area contributed by atoms with E-state index in [1.54, 1.807) is 0 Å². The van der Waals surface area contributed by atoms with E-state index >= 15 is 0 Å². The Balaban J connectivity index is 1.67. The average Bonchev–Trinajstić information content (AvgIpc) is 2.44. The molecule has 1 saturated carbocycles. The lowest BCUT2D eigenvalue weighted by molar-refractivity contribution is 0.186. The summed E-state index contributed by atoms with van der Waals surface area (Å²) in [6.45, 7) is 5.16. The summed E-state index contributed by atoms with van der Waals surface area (Å²) >= 11 is 0. The summed E-state index contributed by atoms with van der Waals surface area (Å²) in [7, 11) is 0. The van der Waals surface area contributed by atoms with Crippen LogP contribution in [0.25, 0.3) is 0 Å². The maximum Gasteiger partial charge on any atom is 0.0991 e. The van der Waals surface area contributed by atoms with Gasteiger partial charge in [-0.2, -0.15) is 5.26 Å². The minimum absolute atomic E-state index is 0.459. The van der Waals surface area contributed by atoms with E-state index in [1.165, 1.54) is 36.8 Å². The molecule has 2 heteroatoms. The van der Waals surface area contributed by atoms with Crippen molar-refractivity contribution in [3.63, 3.8) is 0 Å². The van der Waals surface area contributed by atoms with Crippen molar-refractivity contribution in [1.29, 1.82) is 5.26 Å². The molecule has 2 unspecified atom stereocenters. The number of nitriles is 1. The van der Waals surface area contributed by atoms with Crippen molar-refractivity contribution in [3.05, 3.63) is 47.5 Å². The van der Waals surface area contributed by atoms with Crippen LogP contribution < -0.4 is 5.32 Å². The Bertz CT molecular complexity index is 501. The van der Waals surface area contributed by atoms with Gasteiger partial charge in [-0.15, -0.1) is 0 Å². The first-order valence-electron chi connectivity index (χ1n) is 7.16. The zero-order chi connectivity index (χ0) is 13.2. The highest BCUT2D eigenvalue weighted by Crippen LogP contribution is 2.43. The predicted octanol–water partition coefficient (Wildman–Crippen LogP) is 3.57. The average molecular weight is 252 g/mol. The molecule has 0 radical (unpaired) electrons. The molecule has 1 N–H and O–H groups in total. The van der Waals surface area contributed by atoms with Crippen LogP contribution in [-0.2, 0) is 0 Å². The fourth-order valence-electron chi connectivity index (χ4n) is 3.43. The molecule has 0 bridgehead atoms. The van der Waals surface area contributed by atoms with Gasteiger partial charge in [-0.1, -0.05) is 24.3 Å².